The second kappa shape index (κ2) is 6.72. The third kappa shape index (κ3) is 3.60. The van der Waals surface area contributed by atoms with Gasteiger partial charge in [-0.3, -0.25) is 4.79 Å². The van der Waals surface area contributed by atoms with E-state index >= 15 is 0 Å². The highest BCUT2D eigenvalue weighted by molar-refractivity contribution is 7.88. The fraction of sp³-hybridized carbons (Fsp3) is 0.632. The molecule has 3 aliphatic rings. The lowest BCUT2D eigenvalue weighted by atomic mass is 9.95. The number of rotatable bonds is 5. The van der Waals surface area contributed by atoms with E-state index in [1.807, 2.05) is 0 Å². The van der Waals surface area contributed by atoms with Crippen molar-refractivity contribution in [1.82, 2.24) is 9.62 Å². The molecule has 2 aliphatic carbocycles. The molecule has 0 radical (unpaired) electrons. The minimum absolute atomic E-state index is 0.0152. The molecule has 4 rings (SSSR count). The number of carbonyl (C=O) groups is 1. The number of carbonyl (C=O) groups excluding carboxylic acids is 1. The topological polar surface area (TPSA) is 66.5 Å². The first-order valence-electron chi connectivity index (χ1n) is 9.39. The minimum atomic E-state index is -3.24. The molecule has 1 aromatic carbocycles. The van der Waals surface area contributed by atoms with Crippen LogP contribution < -0.4 is 5.32 Å². The van der Waals surface area contributed by atoms with Gasteiger partial charge in [-0.2, -0.15) is 0 Å². The number of nitrogens with zero attached hydrogens (tertiary/aromatic N) is 1. The van der Waals surface area contributed by atoms with Gasteiger partial charge in [0.25, 0.3) is 5.91 Å². The molecule has 1 amide bonds. The first-order valence-corrected chi connectivity index (χ1v) is 11.0. The molecule has 0 unspecified atom stereocenters. The van der Waals surface area contributed by atoms with Gasteiger partial charge in [0.1, 0.15) is 0 Å². The van der Waals surface area contributed by atoms with E-state index in [9.17, 15) is 13.2 Å². The second-order valence-electron chi connectivity index (χ2n) is 7.81. The van der Waals surface area contributed by atoms with Crippen LogP contribution in [0.4, 0.5) is 0 Å². The number of hydrogen-bond acceptors (Lipinski definition) is 3. The van der Waals surface area contributed by atoms with Gasteiger partial charge in [-0.05, 0) is 61.6 Å². The maximum Gasteiger partial charge on any atom is 0.251 e. The average Bonchev–Trinajstić information content (AvgIpc) is 3.33. The van der Waals surface area contributed by atoms with Gasteiger partial charge < -0.3 is 5.32 Å². The van der Waals surface area contributed by atoms with Gasteiger partial charge >= 0.3 is 0 Å². The van der Waals surface area contributed by atoms with Crippen molar-refractivity contribution in [1.29, 1.82) is 0 Å². The van der Waals surface area contributed by atoms with E-state index in [1.165, 1.54) is 19.3 Å². The number of nitrogens with one attached hydrogen (secondary N) is 1. The van der Waals surface area contributed by atoms with Crippen LogP contribution >= 0.6 is 0 Å². The summed E-state index contributed by atoms with van der Waals surface area (Å²) in [5.74, 6) is 1.43. The minimum Gasteiger partial charge on any atom is -0.349 e. The third-order valence-corrected chi connectivity index (χ3v) is 7.93. The lowest BCUT2D eigenvalue weighted by Gasteiger charge is -2.23. The zero-order valence-corrected chi connectivity index (χ0v) is 15.3. The first-order chi connectivity index (χ1) is 12.0. The zero-order valence-electron chi connectivity index (χ0n) is 14.5. The van der Waals surface area contributed by atoms with E-state index < -0.39 is 10.0 Å². The fourth-order valence-electron chi connectivity index (χ4n) is 4.69. The number of fused-ring (bicyclic) bond motifs is 2. The van der Waals surface area contributed by atoms with Gasteiger partial charge in [-0.25, -0.2) is 12.7 Å². The number of amides is 1. The molecule has 2 saturated carbocycles. The van der Waals surface area contributed by atoms with E-state index in [4.69, 9.17) is 0 Å². The van der Waals surface area contributed by atoms with E-state index in [2.05, 4.69) is 5.32 Å². The van der Waals surface area contributed by atoms with Crippen LogP contribution in [0.25, 0.3) is 0 Å². The van der Waals surface area contributed by atoms with Crippen molar-refractivity contribution in [3.05, 3.63) is 35.4 Å². The van der Waals surface area contributed by atoms with E-state index in [-0.39, 0.29) is 11.7 Å². The maximum atomic E-state index is 12.4. The SMILES string of the molecule is O=C(N[C@@H]1C[C@H]2CC[C@@H]1C2)c1ccc(CS(=O)(=O)N2CCCC2)cc1. The summed E-state index contributed by atoms with van der Waals surface area (Å²) >= 11 is 0. The molecular formula is C19H26N2O3S. The summed E-state index contributed by atoms with van der Waals surface area (Å²) in [6, 6.07) is 7.35. The van der Waals surface area contributed by atoms with Crippen LogP contribution in [0.1, 0.15) is 54.4 Å². The molecule has 136 valence electrons. The molecule has 25 heavy (non-hydrogen) atoms. The third-order valence-electron chi connectivity index (χ3n) is 6.08. The molecule has 5 nitrogen and oxygen atoms in total. The molecular weight excluding hydrogens is 336 g/mol. The Hall–Kier alpha value is -1.40. The second-order valence-corrected chi connectivity index (χ2v) is 9.78. The summed E-state index contributed by atoms with van der Waals surface area (Å²) in [5, 5.41) is 3.17. The monoisotopic (exact) mass is 362 g/mol. The summed E-state index contributed by atoms with van der Waals surface area (Å²) in [5.41, 5.74) is 1.36. The molecule has 0 spiro atoms. The number of sulfonamides is 1. The maximum absolute atomic E-state index is 12.4. The van der Waals surface area contributed by atoms with E-state index in [0.29, 0.717) is 30.6 Å². The average molecular weight is 362 g/mol. The molecule has 1 heterocycles. The van der Waals surface area contributed by atoms with Crippen molar-refractivity contribution in [3.8, 4) is 0 Å². The van der Waals surface area contributed by atoms with Crippen LogP contribution in [0.3, 0.4) is 0 Å². The lowest BCUT2D eigenvalue weighted by molar-refractivity contribution is 0.0923. The molecule has 1 aliphatic heterocycles. The molecule has 6 heteroatoms. The van der Waals surface area contributed by atoms with Gasteiger partial charge in [-0.1, -0.05) is 18.6 Å². The smallest absolute Gasteiger partial charge is 0.251 e. The Morgan fingerprint density at radius 3 is 2.40 bits per heavy atom. The van der Waals surface area contributed by atoms with Crippen molar-refractivity contribution in [3.63, 3.8) is 0 Å². The predicted molar refractivity (Wildman–Crippen MR) is 96.6 cm³/mol. The van der Waals surface area contributed by atoms with E-state index in [0.717, 1.165) is 30.7 Å². The van der Waals surface area contributed by atoms with Crippen molar-refractivity contribution >= 4 is 15.9 Å². The Bertz CT molecular complexity index is 738. The summed E-state index contributed by atoms with van der Waals surface area (Å²) in [4.78, 5) is 12.4. The van der Waals surface area contributed by atoms with Crippen LogP contribution in [0, 0.1) is 11.8 Å². The van der Waals surface area contributed by atoms with Gasteiger partial charge in [-0.15, -0.1) is 0 Å². The van der Waals surface area contributed by atoms with Gasteiger partial charge in [0.15, 0.2) is 0 Å². The van der Waals surface area contributed by atoms with Crippen LogP contribution in [-0.2, 0) is 15.8 Å². The quantitative estimate of drug-likeness (QED) is 0.875. The predicted octanol–water partition coefficient (Wildman–Crippen LogP) is 2.53. The van der Waals surface area contributed by atoms with Crippen LogP contribution in [-0.4, -0.2) is 37.8 Å². The van der Waals surface area contributed by atoms with Crippen molar-refractivity contribution in [2.45, 2.75) is 50.3 Å². The first kappa shape index (κ1) is 17.0. The zero-order chi connectivity index (χ0) is 17.4. The standard InChI is InChI=1S/C19H26N2O3S/c22-19(20-18-12-15-5-8-17(18)11-15)16-6-3-14(4-7-16)13-25(23,24)21-9-1-2-10-21/h3-4,6-7,15,17-18H,1-2,5,8-13H2,(H,20,22)/t15-,17+,18+/m0/s1. The molecule has 0 aromatic heterocycles. The normalized spacial score (nSPS) is 29.2. The van der Waals surface area contributed by atoms with Crippen LogP contribution in [0.15, 0.2) is 24.3 Å². The molecule has 1 N–H and O–H groups in total. The van der Waals surface area contributed by atoms with Crippen LogP contribution in [0.5, 0.6) is 0 Å². The summed E-state index contributed by atoms with van der Waals surface area (Å²) in [6.07, 6.45) is 6.82. The highest BCUT2D eigenvalue weighted by Crippen LogP contribution is 2.44. The van der Waals surface area contributed by atoms with Crippen molar-refractivity contribution < 1.29 is 13.2 Å². The van der Waals surface area contributed by atoms with Gasteiger partial charge in [0.05, 0.1) is 5.75 Å². The molecule has 3 atom stereocenters. The van der Waals surface area contributed by atoms with Crippen LogP contribution in [0.2, 0.25) is 0 Å². The van der Waals surface area contributed by atoms with Crippen molar-refractivity contribution in [2.75, 3.05) is 13.1 Å². The fourth-order valence-corrected chi connectivity index (χ4v) is 6.30. The Morgan fingerprint density at radius 1 is 1.08 bits per heavy atom. The summed E-state index contributed by atoms with van der Waals surface area (Å²) < 4.78 is 26.3. The lowest BCUT2D eigenvalue weighted by Crippen LogP contribution is -2.38. The highest BCUT2D eigenvalue weighted by Gasteiger charge is 2.40. The number of hydrogen-bond donors (Lipinski definition) is 1. The van der Waals surface area contributed by atoms with Gasteiger partial charge in [0, 0.05) is 24.7 Å². The van der Waals surface area contributed by atoms with E-state index in [1.54, 1.807) is 28.6 Å². The Labute approximate surface area is 149 Å². The molecule has 1 saturated heterocycles. The highest BCUT2D eigenvalue weighted by atomic mass is 32.2. The number of benzene rings is 1. The van der Waals surface area contributed by atoms with Gasteiger partial charge in [0.2, 0.25) is 10.0 Å². The summed E-state index contributed by atoms with van der Waals surface area (Å²) in [7, 11) is -3.24. The molecule has 2 bridgehead atoms. The van der Waals surface area contributed by atoms with Crippen molar-refractivity contribution in [2.24, 2.45) is 11.8 Å². The summed E-state index contributed by atoms with van der Waals surface area (Å²) in [6.45, 7) is 1.26. The molecule has 3 fully saturated rings. The Balaban J connectivity index is 1.37. The Kier molecular flexibility index (Phi) is 4.58. The Morgan fingerprint density at radius 2 is 1.80 bits per heavy atom. The largest absolute Gasteiger partial charge is 0.349 e. The molecule has 1 aromatic rings.